The summed E-state index contributed by atoms with van der Waals surface area (Å²) in [6.45, 7) is 2.55. The number of nitrogens with zero attached hydrogens (tertiary/aromatic N) is 1. The minimum atomic E-state index is -0.473. The van der Waals surface area contributed by atoms with Crippen LogP contribution in [-0.2, 0) is 6.54 Å². The molecule has 0 aliphatic carbocycles. The fourth-order valence-electron chi connectivity index (χ4n) is 2.32. The van der Waals surface area contributed by atoms with Crippen LogP contribution >= 0.6 is 0 Å². The molecule has 0 aliphatic rings. The molecule has 0 aromatic heterocycles. The number of rotatable bonds is 5. The summed E-state index contributed by atoms with van der Waals surface area (Å²) < 4.78 is 5.25. The van der Waals surface area contributed by atoms with Crippen LogP contribution in [0, 0.1) is 0 Å². The number of methoxy groups -OCH3 is 1. The zero-order valence-corrected chi connectivity index (χ0v) is 12.2. The summed E-state index contributed by atoms with van der Waals surface area (Å²) in [6, 6.07) is 16.0. The van der Waals surface area contributed by atoms with Gasteiger partial charge in [-0.15, -0.1) is 0 Å². The van der Waals surface area contributed by atoms with Gasteiger partial charge in [0, 0.05) is 24.8 Å². The summed E-state index contributed by atoms with van der Waals surface area (Å²) in [5.74, 6) is 0.861. The fraction of sp³-hybridized carbons (Fsp3) is 0.294. The van der Waals surface area contributed by atoms with Gasteiger partial charge in [-0.3, -0.25) is 0 Å². The van der Waals surface area contributed by atoms with Crippen molar-refractivity contribution in [2.24, 2.45) is 0 Å². The molecule has 2 aromatic rings. The van der Waals surface area contributed by atoms with Crippen molar-refractivity contribution in [2.75, 3.05) is 19.1 Å². The quantitative estimate of drug-likeness (QED) is 0.905. The first-order valence-electron chi connectivity index (χ1n) is 6.73. The maximum atomic E-state index is 9.86. The third-order valence-electron chi connectivity index (χ3n) is 3.35. The molecule has 1 atom stereocenters. The molecular formula is C17H21NO2. The smallest absolute Gasteiger partial charge is 0.119 e. The Labute approximate surface area is 120 Å². The van der Waals surface area contributed by atoms with Crippen molar-refractivity contribution in [3.8, 4) is 5.75 Å². The first-order valence-corrected chi connectivity index (χ1v) is 6.73. The summed E-state index contributed by atoms with van der Waals surface area (Å²) in [5, 5.41) is 9.86. The van der Waals surface area contributed by atoms with Crippen molar-refractivity contribution in [3.05, 3.63) is 59.7 Å². The number of benzene rings is 2. The lowest BCUT2D eigenvalue weighted by molar-refractivity contribution is 0.199. The number of hydrogen-bond donors (Lipinski definition) is 1. The van der Waals surface area contributed by atoms with Gasteiger partial charge in [0.25, 0.3) is 0 Å². The number of aliphatic hydroxyl groups excluding tert-OH is 1. The molecule has 2 rings (SSSR count). The van der Waals surface area contributed by atoms with Crippen LogP contribution in [0.1, 0.15) is 24.2 Å². The minimum Gasteiger partial charge on any atom is -0.497 e. The molecular weight excluding hydrogens is 250 g/mol. The highest BCUT2D eigenvalue weighted by atomic mass is 16.5. The molecule has 0 aliphatic heterocycles. The average molecular weight is 271 g/mol. The van der Waals surface area contributed by atoms with Gasteiger partial charge in [-0.25, -0.2) is 0 Å². The molecule has 1 N–H and O–H groups in total. The lowest BCUT2D eigenvalue weighted by Gasteiger charge is -2.24. The number of anilines is 1. The predicted molar refractivity (Wildman–Crippen MR) is 82.2 cm³/mol. The van der Waals surface area contributed by atoms with Crippen molar-refractivity contribution in [2.45, 2.75) is 19.6 Å². The topological polar surface area (TPSA) is 32.7 Å². The van der Waals surface area contributed by atoms with Crippen LogP contribution < -0.4 is 9.64 Å². The average Bonchev–Trinajstić information content (AvgIpc) is 2.47. The summed E-state index contributed by atoms with van der Waals surface area (Å²) in [5.41, 5.74) is 3.16. The maximum Gasteiger partial charge on any atom is 0.119 e. The van der Waals surface area contributed by atoms with Gasteiger partial charge in [-0.05, 0) is 30.7 Å². The molecule has 0 amide bonds. The van der Waals surface area contributed by atoms with E-state index >= 15 is 0 Å². The van der Waals surface area contributed by atoms with Gasteiger partial charge in [0.15, 0.2) is 0 Å². The molecule has 3 nitrogen and oxygen atoms in total. The minimum absolute atomic E-state index is 0.473. The number of ether oxygens (including phenoxy) is 1. The van der Waals surface area contributed by atoms with Crippen molar-refractivity contribution in [1.29, 1.82) is 0 Å². The standard InChI is InChI=1S/C17H21NO2/c1-13(19)16-9-4-5-10-17(16)18(2)12-14-7-6-8-15(11-14)20-3/h4-11,13,19H,12H2,1-3H3. The fourth-order valence-corrected chi connectivity index (χ4v) is 2.32. The van der Waals surface area contributed by atoms with E-state index in [-0.39, 0.29) is 0 Å². The van der Waals surface area contributed by atoms with Crippen molar-refractivity contribution in [3.63, 3.8) is 0 Å². The SMILES string of the molecule is COc1cccc(CN(C)c2ccccc2C(C)O)c1. The van der Waals surface area contributed by atoms with Crippen LogP contribution in [0.2, 0.25) is 0 Å². The van der Waals surface area contributed by atoms with E-state index in [9.17, 15) is 5.11 Å². The van der Waals surface area contributed by atoms with Gasteiger partial charge in [0.05, 0.1) is 13.2 Å². The van der Waals surface area contributed by atoms with Gasteiger partial charge in [-0.2, -0.15) is 0 Å². The van der Waals surface area contributed by atoms with E-state index < -0.39 is 6.10 Å². The van der Waals surface area contributed by atoms with Gasteiger partial charge >= 0.3 is 0 Å². The second kappa shape index (κ2) is 6.44. The Balaban J connectivity index is 2.21. The number of aliphatic hydroxyl groups is 1. The highest BCUT2D eigenvalue weighted by Crippen LogP contribution is 2.26. The summed E-state index contributed by atoms with van der Waals surface area (Å²) >= 11 is 0. The molecule has 3 heteroatoms. The van der Waals surface area contributed by atoms with Crippen LogP contribution in [0.4, 0.5) is 5.69 Å². The van der Waals surface area contributed by atoms with Gasteiger partial charge in [0.1, 0.15) is 5.75 Å². The molecule has 0 fully saturated rings. The van der Waals surface area contributed by atoms with Crippen molar-refractivity contribution >= 4 is 5.69 Å². The number of para-hydroxylation sites is 1. The van der Waals surface area contributed by atoms with Crippen LogP contribution in [0.5, 0.6) is 5.75 Å². The molecule has 0 heterocycles. The summed E-state index contributed by atoms with van der Waals surface area (Å²) in [6.07, 6.45) is -0.473. The Morgan fingerprint density at radius 1 is 1.15 bits per heavy atom. The van der Waals surface area contributed by atoms with Gasteiger partial charge in [-0.1, -0.05) is 30.3 Å². The highest BCUT2D eigenvalue weighted by molar-refractivity contribution is 5.54. The molecule has 106 valence electrons. The Hall–Kier alpha value is -2.00. The lowest BCUT2D eigenvalue weighted by atomic mass is 10.1. The van der Waals surface area contributed by atoms with Crippen LogP contribution in [-0.4, -0.2) is 19.3 Å². The van der Waals surface area contributed by atoms with Crippen LogP contribution in [0.15, 0.2) is 48.5 Å². The molecule has 0 spiro atoms. The van der Waals surface area contributed by atoms with Gasteiger partial charge in [0.2, 0.25) is 0 Å². The van der Waals surface area contributed by atoms with E-state index in [1.165, 1.54) is 5.56 Å². The second-order valence-corrected chi connectivity index (χ2v) is 4.94. The molecule has 0 saturated carbocycles. The third-order valence-corrected chi connectivity index (χ3v) is 3.35. The van der Waals surface area contributed by atoms with E-state index in [4.69, 9.17) is 4.74 Å². The maximum absolute atomic E-state index is 9.86. The molecule has 0 saturated heterocycles. The normalized spacial score (nSPS) is 12.0. The van der Waals surface area contributed by atoms with Gasteiger partial charge < -0.3 is 14.7 Å². The van der Waals surface area contributed by atoms with Crippen molar-refractivity contribution in [1.82, 2.24) is 0 Å². The first-order chi connectivity index (χ1) is 9.61. The molecule has 0 radical (unpaired) electrons. The Kier molecular flexibility index (Phi) is 4.64. The van der Waals surface area contributed by atoms with Crippen LogP contribution in [0.3, 0.4) is 0 Å². The lowest BCUT2D eigenvalue weighted by Crippen LogP contribution is -2.18. The van der Waals surface area contributed by atoms with E-state index in [1.807, 2.05) is 49.5 Å². The van der Waals surface area contributed by atoms with E-state index in [0.717, 1.165) is 23.5 Å². The monoisotopic (exact) mass is 271 g/mol. The molecule has 1 unspecified atom stereocenters. The number of hydrogen-bond acceptors (Lipinski definition) is 3. The Bertz CT molecular complexity index is 566. The van der Waals surface area contributed by atoms with E-state index in [0.29, 0.717) is 0 Å². The van der Waals surface area contributed by atoms with E-state index in [2.05, 4.69) is 11.0 Å². The Morgan fingerprint density at radius 2 is 1.90 bits per heavy atom. The highest BCUT2D eigenvalue weighted by Gasteiger charge is 2.11. The molecule has 0 bridgehead atoms. The predicted octanol–water partition coefficient (Wildman–Crippen LogP) is 3.38. The zero-order valence-electron chi connectivity index (χ0n) is 12.2. The Morgan fingerprint density at radius 3 is 2.60 bits per heavy atom. The summed E-state index contributed by atoms with van der Waals surface area (Å²) in [4.78, 5) is 2.14. The molecule has 20 heavy (non-hydrogen) atoms. The summed E-state index contributed by atoms with van der Waals surface area (Å²) in [7, 11) is 3.70. The van der Waals surface area contributed by atoms with E-state index in [1.54, 1.807) is 14.0 Å². The third kappa shape index (κ3) is 3.31. The molecule has 2 aromatic carbocycles. The largest absolute Gasteiger partial charge is 0.497 e. The van der Waals surface area contributed by atoms with Crippen LogP contribution in [0.25, 0.3) is 0 Å². The zero-order chi connectivity index (χ0) is 14.5. The second-order valence-electron chi connectivity index (χ2n) is 4.94. The van der Waals surface area contributed by atoms with Crippen molar-refractivity contribution < 1.29 is 9.84 Å². The first kappa shape index (κ1) is 14.4.